The summed E-state index contributed by atoms with van der Waals surface area (Å²) in [7, 11) is 4.49. The number of nitrogens with zero attached hydrogens (tertiary/aromatic N) is 1. The van der Waals surface area contributed by atoms with Crippen LogP contribution in [0.25, 0.3) is 5.76 Å². The van der Waals surface area contributed by atoms with Gasteiger partial charge < -0.3 is 19.3 Å². The van der Waals surface area contributed by atoms with Crippen LogP contribution in [0.3, 0.4) is 0 Å². The molecule has 0 aliphatic carbocycles. The van der Waals surface area contributed by atoms with E-state index in [2.05, 4.69) is 0 Å². The number of hydrogen-bond acceptors (Lipinski definition) is 6. The summed E-state index contributed by atoms with van der Waals surface area (Å²) in [5, 5.41) is 11.4. The fourth-order valence-electron chi connectivity index (χ4n) is 4.54. The van der Waals surface area contributed by atoms with Gasteiger partial charge in [-0.2, -0.15) is 0 Å². The monoisotopic (exact) mass is 487 g/mol. The molecule has 1 aliphatic rings. The Morgan fingerprint density at radius 2 is 1.53 bits per heavy atom. The van der Waals surface area contributed by atoms with Crippen molar-refractivity contribution in [1.82, 2.24) is 0 Å². The van der Waals surface area contributed by atoms with E-state index in [1.54, 1.807) is 36.4 Å². The molecule has 1 fully saturated rings. The lowest BCUT2D eigenvalue weighted by Gasteiger charge is -2.27. The molecule has 0 aromatic heterocycles. The minimum absolute atomic E-state index is 0.0122. The van der Waals surface area contributed by atoms with Gasteiger partial charge in [0.15, 0.2) is 11.5 Å². The summed E-state index contributed by atoms with van der Waals surface area (Å²) in [6.07, 6.45) is 0.837. The van der Waals surface area contributed by atoms with Crippen molar-refractivity contribution in [1.29, 1.82) is 0 Å². The first-order valence-electron chi connectivity index (χ1n) is 11.6. The van der Waals surface area contributed by atoms with Gasteiger partial charge >= 0.3 is 0 Å². The number of aliphatic hydroxyl groups is 1. The molecule has 3 aromatic carbocycles. The van der Waals surface area contributed by atoms with Gasteiger partial charge in [-0.1, -0.05) is 49.4 Å². The Balaban J connectivity index is 2.01. The predicted molar refractivity (Wildman–Crippen MR) is 138 cm³/mol. The first-order valence-corrected chi connectivity index (χ1v) is 11.6. The summed E-state index contributed by atoms with van der Waals surface area (Å²) in [6, 6.07) is 17.0. The number of amides is 1. The fraction of sp³-hybridized carbons (Fsp3) is 0.241. The molecule has 1 atom stereocenters. The summed E-state index contributed by atoms with van der Waals surface area (Å²) >= 11 is 0. The SMILES string of the molecule is CCc1ccc(/C(O)=C2\C(=O)C(=O)N(c3ccccc3C)C2c2cc(OC)c(OC)c(OC)c2)cc1. The number of carbonyl (C=O) groups is 2. The first kappa shape index (κ1) is 24.9. The Labute approximate surface area is 210 Å². The summed E-state index contributed by atoms with van der Waals surface area (Å²) < 4.78 is 16.5. The number of benzene rings is 3. The normalized spacial score (nSPS) is 16.8. The molecule has 1 saturated heterocycles. The zero-order valence-electron chi connectivity index (χ0n) is 21.0. The second-order valence-electron chi connectivity index (χ2n) is 8.46. The third kappa shape index (κ3) is 4.17. The number of aliphatic hydroxyl groups excluding tert-OH is 1. The summed E-state index contributed by atoms with van der Waals surface area (Å²) in [5.41, 5.74) is 3.43. The number of ether oxygens (including phenoxy) is 3. The van der Waals surface area contributed by atoms with Gasteiger partial charge in [0.25, 0.3) is 11.7 Å². The molecular formula is C29H29NO6. The predicted octanol–water partition coefficient (Wildman–Crippen LogP) is 5.21. The molecule has 3 aromatic rings. The lowest BCUT2D eigenvalue weighted by Crippen LogP contribution is -2.30. The largest absolute Gasteiger partial charge is 0.507 e. The highest BCUT2D eigenvalue weighted by molar-refractivity contribution is 6.51. The molecule has 36 heavy (non-hydrogen) atoms. The second-order valence-corrected chi connectivity index (χ2v) is 8.46. The Bertz CT molecular complexity index is 1320. The van der Waals surface area contributed by atoms with Crippen molar-refractivity contribution in [2.75, 3.05) is 26.2 Å². The van der Waals surface area contributed by atoms with Crippen molar-refractivity contribution in [3.8, 4) is 17.2 Å². The van der Waals surface area contributed by atoms with Crippen LogP contribution in [-0.2, 0) is 16.0 Å². The molecule has 0 saturated carbocycles. The standard InChI is InChI=1S/C29H29NO6/c1-6-18-11-13-19(14-12-18)26(31)24-25(20-15-22(34-3)28(36-5)23(16-20)35-4)30(29(33)27(24)32)21-10-8-7-9-17(21)2/h7-16,25,31H,6H2,1-5H3/b26-24+. The van der Waals surface area contributed by atoms with Gasteiger partial charge in [-0.25, -0.2) is 0 Å². The number of para-hydroxylation sites is 1. The van der Waals surface area contributed by atoms with Crippen LogP contribution in [0, 0.1) is 6.92 Å². The van der Waals surface area contributed by atoms with Gasteiger partial charge in [0, 0.05) is 11.3 Å². The molecule has 1 heterocycles. The molecule has 0 bridgehead atoms. The highest BCUT2D eigenvalue weighted by Crippen LogP contribution is 2.47. The van der Waals surface area contributed by atoms with Crippen LogP contribution in [0.5, 0.6) is 17.2 Å². The third-order valence-electron chi connectivity index (χ3n) is 6.46. The molecule has 1 amide bonds. The van der Waals surface area contributed by atoms with Crippen LogP contribution in [0.2, 0.25) is 0 Å². The molecule has 7 nitrogen and oxygen atoms in total. The third-order valence-corrected chi connectivity index (χ3v) is 6.46. The molecule has 7 heteroatoms. The van der Waals surface area contributed by atoms with Crippen molar-refractivity contribution in [2.45, 2.75) is 26.3 Å². The van der Waals surface area contributed by atoms with E-state index >= 15 is 0 Å². The number of methoxy groups -OCH3 is 3. The molecular weight excluding hydrogens is 458 g/mol. The number of rotatable bonds is 7. The average molecular weight is 488 g/mol. The highest BCUT2D eigenvalue weighted by Gasteiger charge is 2.47. The lowest BCUT2D eigenvalue weighted by molar-refractivity contribution is -0.132. The Morgan fingerprint density at radius 3 is 2.06 bits per heavy atom. The fourth-order valence-corrected chi connectivity index (χ4v) is 4.54. The zero-order valence-corrected chi connectivity index (χ0v) is 21.0. The Morgan fingerprint density at radius 1 is 0.917 bits per heavy atom. The van der Waals surface area contributed by atoms with Gasteiger partial charge in [-0.3, -0.25) is 14.5 Å². The number of Topliss-reactive ketones (excluding diaryl/α,β-unsaturated/α-hetero) is 1. The van der Waals surface area contributed by atoms with Gasteiger partial charge in [-0.15, -0.1) is 0 Å². The Kier molecular flexibility index (Phi) is 7.01. The van der Waals surface area contributed by atoms with E-state index in [0.717, 1.165) is 17.5 Å². The molecule has 0 radical (unpaired) electrons. The average Bonchev–Trinajstić information content (AvgIpc) is 3.17. The summed E-state index contributed by atoms with van der Waals surface area (Å²) in [4.78, 5) is 28.3. The smallest absolute Gasteiger partial charge is 0.300 e. The van der Waals surface area contributed by atoms with Gasteiger partial charge in [0.2, 0.25) is 5.75 Å². The maximum absolute atomic E-state index is 13.5. The van der Waals surface area contributed by atoms with Crippen molar-refractivity contribution in [3.63, 3.8) is 0 Å². The van der Waals surface area contributed by atoms with E-state index in [0.29, 0.717) is 34.1 Å². The van der Waals surface area contributed by atoms with Gasteiger partial charge in [-0.05, 0) is 48.2 Å². The van der Waals surface area contributed by atoms with E-state index in [1.165, 1.54) is 26.2 Å². The van der Waals surface area contributed by atoms with E-state index in [1.807, 2.05) is 38.1 Å². The Hall–Kier alpha value is -4.26. The minimum atomic E-state index is -0.925. The van der Waals surface area contributed by atoms with Crippen LogP contribution in [-0.4, -0.2) is 38.1 Å². The van der Waals surface area contributed by atoms with E-state index in [4.69, 9.17) is 14.2 Å². The zero-order chi connectivity index (χ0) is 26.0. The number of carbonyl (C=O) groups excluding carboxylic acids is 2. The first-order chi connectivity index (χ1) is 17.4. The second kappa shape index (κ2) is 10.2. The van der Waals surface area contributed by atoms with Crippen molar-refractivity contribution >= 4 is 23.1 Å². The lowest BCUT2D eigenvalue weighted by atomic mass is 9.94. The molecule has 1 N–H and O–H groups in total. The van der Waals surface area contributed by atoms with E-state index < -0.39 is 17.7 Å². The number of hydrogen-bond donors (Lipinski definition) is 1. The number of anilines is 1. The molecule has 186 valence electrons. The quantitative estimate of drug-likeness (QED) is 0.280. The van der Waals surface area contributed by atoms with Crippen LogP contribution in [0.1, 0.15) is 35.2 Å². The highest BCUT2D eigenvalue weighted by atomic mass is 16.5. The van der Waals surface area contributed by atoms with Crippen LogP contribution < -0.4 is 19.1 Å². The minimum Gasteiger partial charge on any atom is -0.507 e. The molecule has 4 rings (SSSR count). The van der Waals surface area contributed by atoms with Crippen molar-refractivity contribution < 1.29 is 28.9 Å². The topological polar surface area (TPSA) is 85.3 Å². The maximum Gasteiger partial charge on any atom is 0.300 e. The van der Waals surface area contributed by atoms with Crippen LogP contribution in [0.4, 0.5) is 5.69 Å². The van der Waals surface area contributed by atoms with E-state index in [-0.39, 0.29) is 11.3 Å². The molecule has 1 aliphatic heterocycles. The number of ketones is 1. The molecule has 0 spiro atoms. The van der Waals surface area contributed by atoms with Crippen LogP contribution >= 0.6 is 0 Å². The van der Waals surface area contributed by atoms with Crippen molar-refractivity contribution in [3.05, 3.63) is 88.5 Å². The summed E-state index contributed by atoms with van der Waals surface area (Å²) in [6.45, 7) is 3.90. The summed E-state index contributed by atoms with van der Waals surface area (Å²) in [5.74, 6) is -0.620. The van der Waals surface area contributed by atoms with Crippen molar-refractivity contribution in [2.24, 2.45) is 0 Å². The molecule has 1 unspecified atom stereocenters. The van der Waals surface area contributed by atoms with Gasteiger partial charge in [0.05, 0.1) is 32.9 Å². The number of aryl methyl sites for hydroxylation is 2. The van der Waals surface area contributed by atoms with Gasteiger partial charge in [0.1, 0.15) is 5.76 Å². The van der Waals surface area contributed by atoms with Crippen LogP contribution in [0.15, 0.2) is 66.2 Å². The van der Waals surface area contributed by atoms with E-state index in [9.17, 15) is 14.7 Å². The maximum atomic E-state index is 13.5.